The molecule has 4 heteroatoms. The van der Waals surface area contributed by atoms with Gasteiger partial charge in [-0.25, -0.2) is 0 Å². The van der Waals surface area contributed by atoms with Crippen LogP contribution in [0, 0.1) is 0 Å². The largest absolute Gasteiger partial charge is 0.309 e. The summed E-state index contributed by atoms with van der Waals surface area (Å²) in [7, 11) is 0. The van der Waals surface area contributed by atoms with Crippen molar-refractivity contribution < 1.29 is 0 Å². The summed E-state index contributed by atoms with van der Waals surface area (Å²) in [4.78, 5) is 0. The van der Waals surface area contributed by atoms with Gasteiger partial charge in [-0.15, -0.1) is 0 Å². The van der Waals surface area contributed by atoms with Gasteiger partial charge in [-0.3, -0.25) is 4.68 Å². The van der Waals surface area contributed by atoms with Crippen LogP contribution < -0.4 is 5.32 Å². The lowest BCUT2D eigenvalue weighted by atomic mass is 10.1. The normalized spacial score (nSPS) is 13.1. The van der Waals surface area contributed by atoms with Gasteiger partial charge < -0.3 is 5.32 Å². The Morgan fingerprint density at radius 1 is 1.50 bits per heavy atom. The zero-order chi connectivity index (χ0) is 10.6. The predicted molar refractivity (Wildman–Crippen MR) is 59.6 cm³/mol. The molecule has 0 fully saturated rings. The third kappa shape index (κ3) is 2.28. The Morgan fingerprint density at radius 2 is 2.21 bits per heavy atom. The molecule has 1 N–H and O–H groups in total. The van der Waals surface area contributed by atoms with E-state index in [2.05, 4.69) is 31.2 Å². The van der Waals surface area contributed by atoms with Crippen LogP contribution in [-0.2, 0) is 6.54 Å². The van der Waals surface area contributed by atoms with E-state index >= 15 is 0 Å². The van der Waals surface area contributed by atoms with Gasteiger partial charge in [-0.2, -0.15) is 5.10 Å². The lowest BCUT2D eigenvalue weighted by Gasteiger charge is -2.17. The Hall–Kier alpha value is -0.540. The molecular weight excluding hydrogens is 198 g/mol. The molecule has 0 aromatic carbocycles. The van der Waals surface area contributed by atoms with Crippen LogP contribution in [0.1, 0.15) is 38.9 Å². The average molecular weight is 216 g/mol. The minimum Gasteiger partial charge on any atom is -0.309 e. The van der Waals surface area contributed by atoms with Gasteiger partial charge in [0.2, 0.25) is 0 Å². The van der Waals surface area contributed by atoms with E-state index in [-0.39, 0.29) is 0 Å². The Balaban J connectivity index is 2.94. The summed E-state index contributed by atoms with van der Waals surface area (Å²) in [5.74, 6) is 0. The highest BCUT2D eigenvalue weighted by atomic mass is 35.5. The molecule has 0 aliphatic rings. The monoisotopic (exact) mass is 215 g/mol. The van der Waals surface area contributed by atoms with Crippen LogP contribution in [0.4, 0.5) is 0 Å². The topological polar surface area (TPSA) is 29.9 Å². The Labute approximate surface area is 90.4 Å². The van der Waals surface area contributed by atoms with E-state index in [1.807, 2.05) is 4.68 Å². The maximum atomic E-state index is 6.11. The van der Waals surface area contributed by atoms with Crippen molar-refractivity contribution in [2.24, 2.45) is 0 Å². The van der Waals surface area contributed by atoms with Crippen LogP contribution in [-0.4, -0.2) is 16.3 Å². The van der Waals surface area contributed by atoms with E-state index in [1.165, 1.54) is 0 Å². The molecule has 14 heavy (non-hydrogen) atoms. The quantitative estimate of drug-likeness (QED) is 0.819. The lowest BCUT2D eigenvalue weighted by Crippen LogP contribution is -2.23. The minimum absolute atomic E-state index is 0.315. The molecule has 0 saturated carbocycles. The number of hydrogen-bond donors (Lipinski definition) is 1. The van der Waals surface area contributed by atoms with Crippen molar-refractivity contribution >= 4 is 11.6 Å². The molecule has 1 rings (SSSR count). The smallest absolute Gasteiger partial charge is 0.0834 e. The molecule has 1 aromatic heterocycles. The molecule has 0 bridgehead atoms. The number of aromatic nitrogens is 2. The third-order valence-electron chi connectivity index (χ3n) is 2.32. The zero-order valence-corrected chi connectivity index (χ0v) is 9.80. The molecule has 1 unspecified atom stereocenters. The summed E-state index contributed by atoms with van der Waals surface area (Å²) in [5.41, 5.74) is 1.11. The third-order valence-corrected chi connectivity index (χ3v) is 2.61. The second-order valence-corrected chi connectivity index (χ2v) is 3.62. The van der Waals surface area contributed by atoms with Crippen molar-refractivity contribution in [2.45, 2.75) is 39.8 Å². The Morgan fingerprint density at radius 3 is 2.71 bits per heavy atom. The second-order valence-electron chi connectivity index (χ2n) is 3.21. The molecule has 0 aliphatic carbocycles. The molecule has 0 spiro atoms. The number of nitrogens with zero attached hydrogens (tertiary/aromatic N) is 2. The van der Waals surface area contributed by atoms with Gasteiger partial charge in [-0.1, -0.05) is 25.4 Å². The van der Waals surface area contributed by atoms with Crippen molar-refractivity contribution in [3.63, 3.8) is 0 Å². The Kier molecular flexibility index (Phi) is 4.42. The fourth-order valence-electron chi connectivity index (χ4n) is 1.65. The van der Waals surface area contributed by atoms with Crippen LogP contribution in [0.25, 0.3) is 0 Å². The van der Waals surface area contributed by atoms with Crippen molar-refractivity contribution in [1.82, 2.24) is 15.1 Å². The molecule has 0 aliphatic heterocycles. The van der Waals surface area contributed by atoms with Crippen molar-refractivity contribution in [1.29, 1.82) is 0 Å². The molecule has 1 aromatic rings. The first kappa shape index (κ1) is 11.5. The van der Waals surface area contributed by atoms with E-state index in [9.17, 15) is 0 Å². The van der Waals surface area contributed by atoms with Gasteiger partial charge >= 0.3 is 0 Å². The second kappa shape index (κ2) is 5.37. The van der Waals surface area contributed by atoms with E-state index < -0.39 is 0 Å². The van der Waals surface area contributed by atoms with Gasteiger partial charge in [0, 0.05) is 6.54 Å². The van der Waals surface area contributed by atoms with E-state index in [0.717, 1.165) is 30.2 Å². The number of hydrogen-bond acceptors (Lipinski definition) is 2. The standard InChI is InChI=1S/C10H18ClN3/c1-4-9(12-5-2)10-8(11)7-13-14(10)6-3/h7,9,12H,4-6H2,1-3H3. The fraction of sp³-hybridized carbons (Fsp3) is 0.700. The van der Waals surface area contributed by atoms with Gasteiger partial charge in [0.05, 0.1) is 23.0 Å². The van der Waals surface area contributed by atoms with Crippen molar-refractivity contribution in [3.05, 3.63) is 16.9 Å². The van der Waals surface area contributed by atoms with Gasteiger partial charge in [-0.05, 0) is 19.9 Å². The summed E-state index contributed by atoms with van der Waals surface area (Å²) in [6.07, 6.45) is 2.75. The van der Waals surface area contributed by atoms with Crippen LogP contribution in [0.15, 0.2) is 6.20 Å². The van der Waals surface area contributed by atoms with Crippen LogP contribution in [0.3, 0.4) is 0 Å². The van der Waals surface area contributed by atoms with Crippen LogP contribution >= 0.6 is 11.6 Å². The van der Waals surface area contributed by atoms with Gasteiger partial charge in [0.15, 0.2) is 0 Å². The van der Waals surface area contributed by atoms with E-state index in [1.54, 1.807) is 6.20 Å². The zero-order valence-electron chi connectivity index (χ0n) is 9.05. The predicted octanol–water partition coefficient (Wildman–Crippen LogP) is 2.62. The summed E-state index contributed by atoms with van der Waals surface area (Å²) < 4.78 is 1.96. The van der Waals surface area contributed by atoms with Crippen molar-refractivity contribution in [2.75, 3.05) is 6.54 Å². The first-order valence-corrected chi connectivity index (χ1v) is 5.56. The summed E-state index contributed by atoms with van der Waals surface area (Å²) >= 11 is 6.11. The molecule has 0 amide bonds. The summed E-state index contributed by atoms with van der Waals surface area (Å²) in [6.45, 7) is 8.14. The SMILES string of the molecule is CCNC(CC)c1c(Cl)cnn1CC. The molecule has 1 atom stereocenters. The van der Waals surface area contributed by atoms with E-state index in [4.69, 9.17) is 11.6 Å². The van der Waals surface area contributed by atoms with Crippen LogP contribution in [0.2, 0.25) is 5.02 Å². The highest BCUT2D eigenvalue weighted by molar-refractivity contribution is 6.31. The highest BCUT2D eigenvalue weighted by Crippen LogP contribution is 2.24. The summed E-state index contributed by atoms with van der Waals surface area (Å²) in [5, 5.41) is 8.40. The minimum atomic E-state index is 0.315. The Bertz CT molecular complexity index is 283. The number of aryl methyl sites for hydroxylation is 1. The fourth-order valence-corrected chi connectivity index (χ4v) is 1.92. The molecule has 3 nitrogen and oxygen atoms in total. The lowest BCUT2D eigenvalue weighted by molar-refractivity contribution is 0.482. The first-order valence-electron chi connectivity index (χ1n) is 5.19. The first-order chi connectivity index (χ1) is 6.74. The number of halogens is 1. The van der Waals surface area contributed by atoms with Gasteiger partial charge in [0.25, 0.3) is 0 Å². The number of nitrogens with one attached hydrogen (secondary N) is 1. The highest BCUT2D eigenvalue weighted by Gasteiger charge is 2.16. The van der Waals surface area contributed by atoms with Crippen molar-refractivity contribution in [3.8, 4) is 0 Å². The molecule has 1 heterocycles. The molecule has 0 saturated heterocycles. The van der Waals surface area contributed by atoms with E-state index in [0.29, 0.717) is 6.04 Å². The molecule has 0 radical (unpaired) electrons. The maximum Gasteiger partial charge on any atom is 0.0834 e. The van der Waals surface area contributed by atoms with Gasteiger partial charge in [0.1, 0.15) is 0 Å². The summed E-state index contributed by atoms with van der Waals surface area (Å²) in [6, 6.07) is 0.315. The molecular formula is C10H18ClN3. The van der Waals surface area contributed by atoms with Crippen LogP contribution in [0.5, 0.6) is 0 Å². The average Bonchev–Trinajstić information content (AvgIpc) is 2.56. The molecule has 80 valence electrons. The number of rotatable bonds is 5. The maximum absolute atomic E-state index is 6.11.